The molecule has 8 heteroatoms. The number of hydrogen-bond donors (Lipinski definition) is 2. The predicted octanol–water partition coefficient (Wildman–Crippen LogP) is 2.89. The second-order valence-electron chi connectivity index (χ2n) is 7.41. The number of aryl methyl sites for hydroxylation is 1. The molecule has 7 nitrogen and oxygen atoms in total. The molecule has 0 aliphatic heterocycles. The van der Waals surface area contributed by atoms with Crippen LogP contribution < -0.4 is 10.6 Å². The molecule has 2 rings (SSSR count). The zero-order valence-corrected chi connectivity index (χ0v) is 21.5. The first-order chi connectivity index (χ1) is 14.0. The van der Waals surface area contributed by atoms with E-state index in [1.807, 2.05) is 25.0 Å². The Hall–Kier alpha value is -1.65. The summed E-state index contributed by atoms with van der Waals surface area (Å²) in [5.41, 5.74) is 2.51. The van der Waals surface area contributed by atoms with Crippen LogP contribution >= 0.6 is 24.0 Å². The highest BCUT2D eigenvalue weighted by atomic mass is 127. The fraction of sp³-hybridized carbons (Fsp3) is 0.545. The van der Waals surface area contributed by atoms with Crippen LogP contribution in [0.25, 0.3) is 0 Å². The van der Waals surface area contributed by atoms with E-state index in [9.17, 15) is 0 Å². The number of nitrogens with zero attached hydrogens (tertiary/aromatic N) is 5. The van der Waals surface area contributed by atoms with Crippen molar-refractivity contribution >= 4 is 29.9 Å². The van der Waals surface area contributed by atoms with Crippen molar-refractivity contribution in [2.75, 3.05) is 47.3 Å². The quantitative estimate of drug-likeness (QED) is 0.283. The molecule has 0 saturated carbocycles. The first-order valence-electron chi connectivity index (χ1n) is 10.4. The van der Waals surface area contributed by atoms with Gasteiger partial charge in [0.05, 0.1) is 18.3 Å². The lowest BCUT2D eigenvalue weighted by atomic mass is 10.1. The molecule has 0 fully saturated rings. The summed E-state index contributed by atoms with van der Waals surface area (Å²) in [6, 6.07) is 11.2. The number of hydrogen-bond acceptors (Lipinski definition) is 4. The van der Waals surface area contributed by atoms with Gasteiger partial charge in [0.25, 0.3) is 0 Å². The minimum atomic E-state index is 0. The summed E-state index contributed by atoms with van der Waals surface area (Å²) >= 11 is 0. The fourth-order valence-corrected chi connectivity index (χ4v) is 3.62. The summed E-state index contributed by atoms with van der Waals surface area (Å²) in [6.07, 6.45) is 3.99. The molecular formula is C22H38IN7. The number of rotatable bonds is 10. The Kier molecular flexibility index (Phi) is 12.0. The van der Waals surface area contributed by atoms with Crippen LogP contribution in [0.3, 0.4) is 0 Å². The van der Waals surface area contributed by atoms with E-state index in [1.54, 1.807) is 0 Å². The summed E-state index contributed by atoms with van der Waals surface area (Å²) in [7, 11) is 7.93. The second-order valence-corrected chi connectivity index (χ2v) is 7.41. The highest BCUT2D eigenvalue weighted by molar-refractivity contribution is 14.0. The molecular weight excluding hydrogens is 489 g/mol. The third-order valence-electron chi connectivity index (χ3n) is 5.32. The lowest BCUT2D eigenvalue weighted by Gasteiger charge is -2.31. The van der Waals surface area contributed by atoms with Crippen LogP contribution in [0.2, 0.25) is 0 Å². The average molecular weight is 527 g/mol. The van der Waals surface area contributed by atoms with E-state index >= 15 is 0 Å². The van der Waals surface area contributed by atoms with E-state index in [1.165, 1.54) is 11.1 Å². The van der Waals surface area contributed by atoms with Gasteiger partial charge >= 0.3 is 0 Å². The van der Waals surface area contributed by atoms with Crippen molar-refractivity contribution in [2.24, 2.45) is 12.0 Å². The van der Waals surface area contributed by atoms with Crippen molar-refractivity contribution in [1.82, 2.24) is 30.2 Å². The normalized spacial score (nSPS) is 13.8. The smallest absolute Gasteiger partial charge is 0.191 e. The molecule has 1 aromatic carbocycles. The van der Waals surface area contributed by atoms with E-state index in [-0.39, 0.29) is 30.0 Å². The largest absolute Gasteiger partial charge is 0.354 e. The van der Waals surface area contributed by atoms with Gasteiger partial charge in [-0.1, -0.05) is 44.2 Å². The number of aromatic nitrogens is 2. The van der Waals surface area contributed by atoms with Gasteiger partial charge in [-0.05, 0) is 32.7 Å². The van der Waals surface area contributed by atoms with Crippen molar-refractivity contribution in [2.45, 2.75) is 25.9 Å². The number of halogens is 1. The Bertz CT molecular complexity index is 741. The number of likely N-dealkylation sites (N-methyl/N-ethyl adjacent to an activating group) is 2. The summed E-state index contributed by atoms with van der Waals surface area (Å²) in [6.45, 7) is 7.98. The fourth-order valence-electron chi connectivity index (χ4n) is 3.62. The van der Waals surface area contributed by atoms with Crippen molar-refractivity contribution in [3.63, 3.8) is 0 Å². The minimum Gasteiger partial charge on any atom is -0.354 e. The monoisotopic (exact) mass is 527 g/mol. The highest BCUT2D eigenvalue weighted by Gasteiger charge is 2.19. The highest BCUT2D eigenvalue weighted by Crippen LogP contribution is 2.19. The molecule has 0 aliphatic carbocycles. The molecule has 2 atom stereocenters. The van der Waals surface area contributed by atoms with E-state index < -0.39 is 0 Å². The van der Waals surface area contributed by atoms with Crippen molar-refractivity contribution in [3.8, 4) is 0 Å². The van der Waals surface area contributed by atoms with Crippen LogP contribution in [0.1, 0.15) is 37.1 Å². The van der Waals surface area contributed by atoms with Gasteiger partial charge in [0.2, 0.25) is 0 Å². The lowest BCUT2D eigenvalue weighted by molar-refractivity contribution is 0.218. The van der Waals surface area contributed by atoms with E-state index in [2.05, 4.69) is 95.0 Å². The van der Waals surface area contributed by atoms with Gasteiger partial charge < -0.3 is 15.5 Å². The van der Waals surface area contributed by atoms with Crippen LogP contribution in [0.5, 0.6) is 0 Å². The zero-order valence-electron chi connectivity index (χ0n) is 19.2. The molecule has 0 bridgehead atoms. The summed E-state index contributed by atoms with van der Waals surface area (Å²) in [5.74, 6) is 0.814. The van der Waals surface area contributed by atoms with Crippen molar-refractivity contribution < 1.29 is 0 Å². The van der Waals surface area contributed by atoms with Crippen LogP contribution in [0.15, 0.2) is 47.7 Å². The van der Waals surface area contributed by atoms with E-state index in [0.717, 1.165) is 32.1 Å². The lowest BCUT2D eigenvalue weighted by Crippen LogP contribution is -2.45. The molecule has 2 N–H and O–H groups in total. The van der Waals surface area contributed by atoms with E-state index in [4.69, 9.17) is 0 Å². The van der Waals surface area contributed by atoms with Gasteiger partial charge in [0.1, 0.15) is 0 Å². The van der Waals surface area contributed by atoms with Gasteiger partial charge in [-0.25, -0.2) is 0 Å². The molecule has 0 spiro atoms. The molecule has 1 heterocycles. The second kappa shape index (κ2) is 13.6. The van der Waals surface area contributed by atoms with Crippen molar-refractivity contribution in [1.29, 1.82) is 0 Å². The topological polar surface area (TPSA) is 60.7 Å². The minimum absolute atomic E-state index is 0. The molecule has 0 radical (unpaired) electrons. The van der Waals surface area contributed by atoms with Gasteiger partial charge in [-0.15, -0.1) is 24.0 Å². The first kappa shape index (κ1) is 26.4. The summed E-state index contributed by atoms with van der Waals surface area (Å²) < 4.78 is 1.84. The maximum atomic E-state index is 4.43. The van der Waals surface area contributed by atoms with Crippen molar-refractivity contribution in [3.05, 3.63) is 53.9 Å². The van der Waals surface area contributed by atoms with E-state index in [0.29, 0.717) is 6.04 Å². The average Bonchev–Trinajstić information content (AvgIpc) is 3.15. The first-order valence-corrected chi connectivity index (χ1v) is 10.4. The SMILES string of the molecule is CCN(CC)C(CNC(=NC)NCC(c1cnn(C)c1)N(C)C)c1ccccc1.I. The van der Waals surface area contributed by atoms with Gasteiger partial charge in [-0.2, -0.15) is 5.10 Å². The maximum Gasteiger partial charge on any atom is 0.191 e. The van der Waals surface area contributed by atoms with Crippen LogP contribution in [-0.4, -0.2) is 72.9 Å². The Morgan fingerprint density at radius 1 is 1.03 bits per heavy atom. The standard InChI is InChI=1S/C22H37N7.HI/c1-7-29(8-2)21(18-12-10-9-11-13-18)16-25-22(23-3)24-15-20(27(4)5)19-14-26-28(6)17-19;/h9-14,17,20-21H,7-8,15-16H2,1-6H3,(H2,23,24,25);1H. The maximum absolute atomic E-state index is 4.43. The summed E-state index contributed by atoms with van der Waals surface area (Å²) in [4.78, 5) is 9.09. The van der Waals surface area contributed by atoms with Gasteiger partial charge in [0, 0.05) is 38.9 Å². The number of nitrogens with one attached hydrogen (secondary N) is 2. The molecule has 1 aromatic heterocycles. The number of benzene rings is 1. The van der Waals surface area contributed by atoms with Crippen LogP contribution in [-0.2, 0) is 7.05 Å². The molecule has 0 saturated heterocycles. The third kappa shape index (κ3) is 7.55. The number of aliphatic imine (C=N–C) groups is 1. The van der Waals surface area contributed by atoms with Gasteiger partial charge in [-0.3, -0.25) is 14.6 Å². The Balaban J connectivity index is 0.00000450. The molecule has 168 valence electrons. The predicted molar refractivity (Wildman–Crippen MR) is 137 cm³/mol. The molecule has 0 aliphatic rings. The molecule has 2 aromatic rings. The zero-order chi connectivity index (χ0) is 21.2. The van der Waals surface area contributed by atoms with Crippen LogP contribution in [0.4, 0.5) is 0 Å². The summed E-state index contributed by atoms with van der Waals surface area (Å²) in [5, 5.41) is 11.3. The Morgan fingerprint density at radius 2 is 1.63 bits per heavy atom. The Morgan fingerprint density at radius 3 is 2.10 bits per heavy atom. The molecule has 2 unspecified atom stereocenters. The third-order valence-corrected chi connectivity index (χ3v) is 5.32. The molecule has 30 heavy (non-hydrogen) atoms. The number of guanidine groups is 1. The Labute approximate surface area is 198 Å². The van der Waals surface area contributed by atoms with Crippen LogP contribution in [0, 0.1) is 0 Å². The molecule has 0 amide bonds. The van der Waals surface area contributed by atoms with Gasteiger partial charge in [0.15, 0.2) is 5.96 Å².